The van der Waals surface area contributed by atoms with Crippen molar-refractivity contribution in [3.63, 3.8) is 0 Å². The molecule has 1 aliphatic heterocycles. The average Bonchev–Trinajstić information content (AvgIpc) is 3.32. The Balaban J connectivity index is 1.61. The number of hydrogen-bond donors (Lipinski definition) is 2. The van der Waals surface area contributed by atoms with Crippen molar-refractivity contribution in [2.45, 2.75) is 39.0 Å². The Morgan fingerprint density at radius 2 is 1.60 bits per heavy atom. The minimum atomic E-state index is -1.37. The maximum atomic E-state index is 14.4. The highest BCUT2D eigenvalue weighted by atomic mass is 19.2. The Bertz CT molecular complexity index is 1670. The maximum absolute atomic E-state index is 14.4. The molecule has 2 aromatic heterocycles. The van der Waals surface area contributed by atoms with Crippen LogP contribution in [0.3, 0.4) is 0 Å². The van der Waals surface area contributed by atoms with E-state index in [1.54, 1.807) is 0 Å². The van der Waals surface area contributed by atoms with Crippen LogP contribution in [0.5, 0.6) is 0 Å². The predicted molar refractivity (Wildman–Crippen MR) is 136 cm³/mol. The molecule has 8 nitrogen and oxygen atoms in total. The molecule has 12 heteroatoms. The highest BCUT2D eigenvalue weighted by molar-refractivity contribution is 5.98. The summed E-state index contributed by atoms with van der Waals surface area (Å²) in [5, 5.41) is 0.0960. The van der Waals surface area contributed by atoms with Gasteiger partial charge in [-0.05, 0) is 42.5 Å². The fourth-order valence-electron chi connectivity index (χ4n) is 5.05. The zero-order valence-corrected chi connectivity index (χ0v) is 21.7. The van der Waals surface area contributed by atoms with Gasteiger partial charge in [-0.2, -0.15) is 0 Å². The summed E-state index contributed by atoms with van der Waals surface area (Å²) in [6.45, 7) is 3.40. The van der Waals surface area contributed by atoms with Crippen LogP contribution in [-0.2, 0) is 14.3 Å². The Morgan fingerprint density at radius 3 is 2.27 bits per heavy atom. The first-order chi connectivity index (χ1) is 19.0. The SMILES string of the molecule is CCC(CC)C(=O)OC1OC[C@@H](N(C)C(=O)c2cc3cc(F)c(F)cc3[nH]2)c2c1[nH]c(=O)c1cc(F)c(F)cc21. The van der Waals surface area contributed by atoms with E-state index in [-0.39, 0.29) is 45.2 Å². The minimum absolute atomic E-state index is 0.00251. The number of carbonyl (C=O) groups excluding carboxylic acids is 2. The van der Waals surface area contributed by atoms with Crippen LogP contribution in [0.1, 0.15) is 60.8 Å². The van der Waals surface area contributed by atoms with Gasteiger partial charge in [0.05, 0.1) is 29.6 Å². The van der Waals surface area contributed by atoms with Gasteiger partial charge in [0, 0.05) is 29.6 Å². The molecule has 1 unspecified atom stereocenters. The monoisotopic (exact) mass is 559 g/mol. The molecule has 4 aromatic rings. The number of carbonyl (C=O) groups is 2. The second kappa shape index (κ2) is 10.4. The second-order valence-electron chi connectivity index (χ2n) is 9.68. The molecule has 2 aromatic carbocycles. The number of fused-ring (bicyclic) bond motifs is 4. The van der Waals surface area contributed by atoms with E-state index < -0.39 is 59.0 Å². The van der Waals surface area contributed by atoms with Crippen molar-refractivity contribution >= 4 is 33.6 Å². The number of halogens is 4. The number of nitrogens with zero attached hydrogens (tertiary/aromatic N) is 1. The number of ether oxygens (including phenoxy) is 2. The van der Waals surface area contributed by atoms with Crippen molar-refractivity contribution < 1.29 is 36.6 Å². The lowest BCUT2D eigenvalue weighted by atomic mass is 9.94. The predicted octanol–water partition coefficient (Wildman–Crippen LogP) is 5.39. The molecule has 2 N–H and O–H groups in total. The van der Waals surface area contributed by atoms with E-state index in [4.69, 9.17) is 9.47 Å². The van der Waals surface area contributed by atoms with Crippen molar-refractivity contribution in [1.29, 1.82) is 0 Å². The van der Waals surface area contributed by atoms with E-state index in [9.17, 15) is 31.9 Å². The summed E-state index contributed by atoms with van der Waals surface area (Å²) in [4.78, 5) is 45.7. The second-order valence-corrected chi connectivity index (χ2v) is 9.68. The summed E-state index contributed by atoms with van der Waals surface area (Å²) < 4.78 is 67.3. The van der Waals surface area contributed by atoms with Crippen LogP contribution >= 0.6 is 0 Å². The molecule has 0 bridgehead atoms. The van der Waals surface area contributed by atoms with Crippen molar-refractivity contribution in [2.24, 2.45) is 5.92 Å². The zero-order chi connectivity index (χ0) is 28.9. The number of hydrogen-bond acceptors (Lipinski definition) is 5. The lowest BCUT2D eigenvalue weighted by Crippen LogP contribution is -2.40. The standard InChI is InChI=1S/C28H25F4N3O5/c1-4-12(5-2)27(38)40-28-24-23(14-8-17(30)18(31)9-15(14)25(36)34-24)22(11-39-28)35(3)26(37)21-7-13-6-16(29)19(32)10-20(13)33-21/h6-10,12,22,28,33H,4-5,11H2,1-3H3,(H,34,36)/t22-,28?/m1/s1. The molecule has 3 heterocycles. The van der Waals surface area contributed by atoms with Gasteiger partial charge in [-0.25, -0.2) is 17.6 Å². The van der Waals surface area contributed by atoms with Crippen LogP contribution in [0.4, 0.5) is 17.6 Å². The molecule has 0 radical (unpaired) electrons. The molecule has 2 atom stereocenters. The summed E-state index contributed by atoms with van der Waals surface area (Å²) in [6.07, 6.45) is -0.357. The largest absolute Gasteiger partial charge is 0.429 e. The number of likely N-dealkylation sites (N-methyl/N-ethyl adjacent to an activating group) is 1. The Labute approximate surface area is 224 Å². The van der Waals surface area contributed by atoms with Gasteiger partial charge in [0.15, 0.2) is 23.3 Å². The van der Waals surface area contributed by atoms with Crippen LogP contribution in [0.2, 0.25) is 0 Å². The van der Waals surface area contributed by atoms with Crippen molar-refractivity contribution in [2.75, 3.05) is 13.7 Å². The lowest BCUT2D eigenvalue weighted by Gasteiger charge is -2.36. The van der Waals surface area contributed by atoms with E-state index >= 15 is 0 Å². The number of nitrogens with one attached hydrogen (secondary N) is 2. The fraction of sp³-hybridized carbons (Fsp3) is 0.321. The van der Waals surface area contributed by atoms with Gasteiger partial charge in [0.2, 0.25) is 6.29 Å². The molecule has 0 spiro atoms. The Kier molecular flexibility index (Phi) is 7.13. The minimum Gasteiger partial charge on any atom is -0.429 e. The molecule has 0 saturated heterocycles. The third kappa shape index (κ3) is 4.61. The van der Waals surface area contributed by atoms with Crippen LogP contribution in [-0.4, -0.2) is 40.4 Å². The first-order valence-corrected chi connectivity index (χ1v) is 12.7. The van der Waals surface area contributed by atoms with Gasteiger partial charge in [-0.15, -0.1) is 0 Å². The third-order valence-corrected chi connectivity index (χ3v) is 7.33. The molecule has 0 aliphatic carbocycles. The molecule has 0 saturated carbocycles. The summed E-state index contributed by atoms with van der Waals surface area (Å²) >= 11 is 0. The van der Waals surface area contributed by atoms with Crippen molar-refractivity contribution in [1.82, 2.24) is 14.9 Å². The van der Waals surface area contributed by atoms with Crippen molar-refractivity contribution in [3.8, 4) is 0 Å². The number of benzene rings is 2. The van der Waals surface area contributed by atoms with Crippen LogP contribution in [0, 0.1) is 29.2 Å². The van der Waals surface area contributed by atoms with Crippen LogP contribution in [0.15, 0.2) is 35.1 Å². The quantitative estimate of drug-likeness (QED) is 0.244. The van der Waals surface area contributed by atoms with Gasteiger partial charge in [0.1, 0.15) is 5.69 Å². The molecule has 0 fully saturated rings. The number of aromatic nitrogens is 2. The number of amides is 1. The van der Waals surface area contributed by atoms with E-state index in [0.29, 0.717) is 12.8 Å². The third-order valence-electron chi connectivity index (χ3n) is 7.33. The maximum Gasteiger partial charge on any atom is 0.311 e. The molecule has 1 aliphatic rings. The lowest BCUT2D eigenvalue weighted by molar-refractivity contribution is -0.193. The highest BCUT2D eigenvalue weighted by Crippen LogP contribution is 2.39. The first kappa shape index (κ1) is 27.4. The number of aromatic amines is 2. The van der Waals surface area contributed by atoms with E-state index in [1.807, 2.05) is 13.8 Å². The number of H-pyrrole nitrogens is 2. The molecular formula is C28H25F4N3O5. The van der Waals surface area contributed by atoms with Crippen LogP contribution < -0.4 is 5.56 Å². The summed E-state index contributed by atoms with van der Waals surface area (Å²) in [7, 11) is 1.42. The number of esters is 1. The van der Waals surface area contributed by atoms with Gasteiger partial charge in [-0.1, -0.05) is 13.8 Å². The van der Waals surface area contributed by atoms with Gasteiger partial charge in [-0.3, -0.25) is 14.4 Å². The number of rotatable bonds is 6. The van der Waals surface area contributed by atoms with E-state index in [1.165, 1.54) is 18.0 Å². The normalized spacial score (nSPS) is 16.9. The average molecular weight is 560 g/mol. The summed E-state index contributed by atoms with van der Waals surface area (Å²) in [5.74, 6) is -6.23. The molecule has 210 valence electrons. The Hall–Kier alpha value is -4.19. The number of pyridine rings is 1. The smallest absolute Gasteiger partial charge is 0.311 e. The fourth-order valence-corrected chi connectivity index (χ4v) is 5.05. The molecule has 5 rings (SSSR count). The van der Waals surface area contributed by atoms with Gasteiger partial charge >= 0.3 is 5.97 Å². The zero-order valence-electron chi connectivity index (χ0n) is 21.7. The van der Waals surface area contributed by atoms with E-state index in [0.717, 1.165) is 24.3 Å². The molecule has 40 heavy (non-hydrogen) atoms. The summed E-state index contributed by atoms with van der Waals surface area (Å²) in [5.41, 5.74) is -0.395. The molecule has 1 amide bonds. The van der Waals surface area contributed by atoms with Gasteiger partial charge in [0.25, 0.3) is 11.5 Å². The van der Waals surface area contributed by atoms with Crippen molar-refractivity contribution in [3.05, 3.63) is 80.9 Å². The highest BCUT2D eigenvalue weighted by Gasteiger charge is 2.38. The first-order valence-electron chi connectivity index (χ1n) is 12.7. The molecular weight excluding hydrogens is 534 g/mol. The van der Waals surface area contributed by atoms with Gasteiger partial charge < -0.3 is 24.3 Å². The Morgan fingerprint density at radius 1 is 0.975 bits per heavy atom. The topological polar surface area (TPSA) is 104 Å². The van der Waals surface area contributed by atoms with Crippen LogP contribution in [0.25, 0.3) is 21.7 Å². The van der Waals surface area contributed by atoms with E-state index in [2.05, 4.69) is 9.97 Å². The summed E-state index contributed by atoms with van der Waals surface area (Å²) in [6, 6.07) is 3.87.